The number of aromatic carboxylic acids is 1. The van der Waals surface area contributed by atoms with Crippen LogP contribution in [0, 0.1) is 6.92 Å². The van der Waals surface area contributed by atoms with Gasteiger partial charge in [0.1, 0.15) is 0 Å². The van der Waals surface area contributed by atoms with Crippen molar-refractivity contribution >= 4 is 23.3 Å². The average molecular weight is 270 g/mol. The largest absolute Gasteiger partial charge is 0.478 e. The van der Waals surface area contributed by atoms with E-state index in [4.69, 9.17) is 10.8 Å². The maximum absolute atomic E-state index is 12.1. The van der Waals surface area contributed by atoms with Crippen LogP contribution in [0.4, 0.5) is 11.4 Å². The van der Waals surface area contributed by atoms with Crippen molar-refractivity contribution in [1.29, 1.82) is 0 Å². The van der Waals surface area contributed by atoms with Crippen LogP contribution >= 0.6 is 0 Å². The van der Waals surface area contributed by atoms with Gasteiger partial charge in [0.2, 0.25) is 0 Å². The van der Waals surface area contributed by atoms with E-state index >= 15 is 0 Å². The summed E-state index contributed by atoms with van der Waals surface area (Å²) >= 11 is 0. The monoisotopic (exact) mass is 270 g/mol. The van der Waals surface area contributed by atoms with E-state index in [1.165, 1.54) is 18.2 Å². The molecule has 0 aliphatic carbocycles. The van der Waals surface area contributed by atoms with Crippen LogP contribution in [0.2, 0.25) is 0 Å². The lowest BCUT2D eigenvalue weighted by Crippen LogP contribution is -2.13. The van der Waals surface area contributed by atoms with Gasteiger partial charge < -0.3 is 16.2 Å². The van der Waals surface area contributed by atoms with Crippen molar-refractivity contribution in [2.75, 3.05) is 11.1 Å². The summed E-state index contributed by atoms with van der Waals surface area (Å²) in [7, 11) is 0. The maximum atomic E-state index is 12.1. The molecular weight excluding hydrogens is 256 g/mol. The summed E-state index contributed by atoms with van der Waals surface area (Å²) in [5.74, 6) is -1.35. The molecule has 0 heterocycles. The highest BCUT2D eigenvalue weighted by Crippen LogP contribution is 2.21. The Hall–Kier alpha value is -2.82. The zero-order valence-corrected chi connectivity index (χ0v) is 10.9. The quantitative estimate of drug-likeness (QED) is 0.747. The van der Waals surface area contributed by atoms with Crippen molar-refractivity contribution in [3.63, 3.8) is 0 Å². The number of benzene rings is 2. The summed E-state index contributed by atoms with van der Waals surface area (Å²) in [6.45, 7) is 1.90. The van der Waals surface area contributed by atoms with Crippen LogP contribution in [-0.4, -0.2) is 17.0 Å². The average Bonchev–Trinajstić information content (AvgIpc) is 2.40. The van der Waals surface area contributed by atoms with Crippen LogP contribution in [0.1, 0.15) is 26.3 Å². The molecule has 5 heteroatoms. The van der Waals surface area contributed by atoms with Gasteiger partial charge in [-0.3, -0.25) is 4.79 Å². The number of hydrogen-bond donors (Lipinski definition) is 3. The third-order valence-corrected chi connectivity index (χ3v) is 2.83. The number of nitrogen functional groups attached to an aromatic ring is 1. The molecule has 0 fully saturated rings. The molecule has 5 nitrogen and oxygen atoms in total. The Bertz CT molecular complexity index is 681. The number of carboxylic acids is 1. The summed E-state index contributed by atoms with van der Waals surface area (Å²) in [4.78, 5) is 22.9. The lowest BCUT2D eigenvalue weighted by molar-refractivity contribution is 0.0697. The molecule has 2 rings (SSSR count). The van der Waals surface area contributed by atoms with E-state index in [-0.39, 0.29) is 17.2 Å². The van der Waals surface area contributed by atoms with Gasteiger partial charge in [-0.15, -0.1) is 0 Å². The zero-order valence-electron chi connectivity index (χ0n) is 10.9. The van der Waals surface area contributed by atoms with Crippen molar-refractivity contribution in [3.8, 4) is 0 Å². The lowest BCUT2D eigenvalue weighted by Gasteiger charge is -2.09. The van der Waals surface area contributed by atoms with Crippen molar-refractivity contribution in [2.24, 2.45) is 0 Å². The van der Waals surface area contributed by atoms with Crippen LogP contribution in [0.3, 0.4) is 0 Å². The smallest absolute Gasteiger partial charge is 0.335 e. The van der Waals surface area contributed by atoms with Crippen LogP contribution in [0.5, 0.6) is 0 Å². The minimum absolute atomic E-state index is 0.0797. The molecule has 0 radical (unpaired) electrons. The molecule has 2 aromatic carbocycles. The fraction of sp³-hybridized carbons (Fsp3) is 0.0667. The van der Waals surface area contributed by atoms with Gasteiger partial charge >= 0.3 is 5.97 Å². The minimum atomic E-state index is -1.06. The molecule has 102 valence electrons. The number of nitrogens with two attached hydrogens (primary N) is 1. The highest BCUT2D eigenvalue weighted by Gasteiger charge is 2.10. The first-order valence-corrected chi connectivity index (χ1v) is 5.98. The molecule has 0 bridgehead atoms. The Morgan fingerprint density at radius 1 is 1.10 bits per heavy atom. The third kappa shape index (κ3) is 2.95. The first kappa shape index (κ1) is 13.6. The van der Waals surface area contributed by atoms with E-state index in [0.29, 0.717) is 11.3 Å². The van der Waals surface area contributed by atoms with Crippen molar-refractivity contribution < 1.29 is 14.7 Å². The number of nitrogens with one attached hydrogen (secondary N) is 1. The number of anilines is 2. The van der Waals surface area contributed by atoms with Gasteiger partial charge in [0.25, 0.3) is 5.91 Å². The number of carbonyl (C=O) groups is 2. The SMILES string of the molecule is Cc1cccc(C(=O)Nc2ccc(C(=O)O)cc2N)c1. The molecule has 0 aliphatic heterocycles. The number of carbonyl (C=O) groups excluding carboxylic acids is 1. The molecule has 0 aromatic heterocycles. The molecular formula is C15H14N2O3. The van der Waals surface area contributed by atoms with Gasteiger partial charge in [-0.05, 0) is 37.3 Å². The molecule has 0 aliphatic rings. The van der Waals surface area contributed by atoms with Gasteiger partial charge in [0.05, 0.1) is 16.9 Å². The summed E-state index contributed by atoms with van der Waals surface area (Å²) in [6.07, 6.45) is 0. The number of hydrogen-bond acceptors (Lipinski definition) is 3. The molecule has 0 saturated carbocycles. The number of carboxylic acid groups (broad SMARTS) is 1. The van der Waals surface area contributed by atoms with Gasteiger partial charge in [0.15, 0.2) is 0 Å². The van der Waals surface area contributed by atoms with Crippen LogP contribution in [-0.2, 0) is 0 Å². The van der Waals surface area contributed by atoms with Crippen LogP contribution in [0.25, 0.3) is 0 Å². The van der Waals surface area contributed by atoms with Gasteiger partial charge in [-0.1, -0.05) is 17.7 Å². The molecule has 0 atom stereocenters. The molecule has 0 saturated heterocycles. The van der Waals surface area contributed by atoms with E-state index in [1.807, 2.05) is 13.0 Å². The summed E-state index contributed by atoms with van der Waals surface area (Å²) in [6, 6.07) is 11.3. The van der Waals surface area contributed by atoms with Crippen molar-refractivity contribution in [3.05, 3.63) is 59.2 Å². The Balaban J connectivity index is 2.22. The minimum Gasteiger partial charge on any atom is -0.478 e. The Morgan fingerprint density at radius 2 is 1.85 bits per heavy atom. The van der Waals surface area contributed by atoms with E-state index in [2.05, 4.69) is 5.32 Å². The maximum Gasteiger partial charge on any atom is 0.335 e. The first-order valence-electron chi connectivity index (χ1n) is 5.98. The third-order valence-electron chi connectivity index (χ3n) is 2.83. The predicted molar refractivity (Wildman–Crippen MR) is 76.9 cm³/mol. The van der Waals surface area contributed by atoms with Gasteiger partial charge in [0, 0.05) is 5.56 Å². The molecule has 20 heavy (non-hydrogen) atoms. The van der Waals surface area contributed by atoms with Crippen molar-refractivity contribution in [1.82, 2.24) is 0 Å². The second kappa shape index (κ2) is 5.44. The molecule has 0 spiro atoms. The highest BCUT2D eigenvalue weighted by molar-refractivity contribution is 6.06. The van der Waals surface area contributed by atoms with E-state index < -0.39 is 5.97 Å². The molecule has 1 amide bonds. The Morgan fingerprint density at radius 3 is 2.45 bits per heavy atom. The standard InChI is InChI=1S/C15H14N2O3/c1-9-3-2-4-10(7-9)14(18)17-13-6-5-11(15(19)20)8-12(13)16/h2-8H,16H2,1H3,(H,17,18)(H,19,20). The second-order valence-corrected chi connectivity index (χ2v) is 4.43. The van der Waals surface area contributed by atoms with E-state index in [9.17, 15) is 9.59 Å². The normalized spacial score (nSPS) is 10.1. The topological polar surface area (TPSA) is 92.4 Å². The van der Waals surface area contributed by atoms with Crippen LogP contribution < -0.4 is 11.1 Å². The molecule has 2 aromatic rings. The Labute approximate surface area is 116 Å². The molecule has 4 N–H and O–H groups in total. The number of rotatable bonds is 3. The summed E-state index contributed by atoms with van der Waals surface area (Å²) in [5, 5.41) is 11.5. The zero-order chi connectivity index (χ0) is 14.7. The van der Waals surface area contributed by atoms with Gasteiger partial charge in [-0.2, -0.15) is 0 Å². The second-order valence-electron chi connectivity index (χ2n) is 4.43. The van der Waals surface area contributed by atoms with Gasteiger partial charge in [-0.25, -0.2) is 4.79 Å². The number of amides is 1. The summed E-state index contributed by atoms with van der Waals surface area (Å²) in [5.41, 5.74) is 7.92. The van der Waals surface area contributed by atoms with Crippen LogP contribution in [0.15, 0.2) is 42.5 Å². The van der Waals surface area contributed by atoms with E-state index in [1.54, 1.807) is 18.2 Å². The Kier molecular flexibility index (Phi) is 3.70. The van der Waals surface area contributed by atoms with E-state index in [0.717, 1.165) is 5.56 Å². The summed E-state index contributed by atoms with van der Waals surface area (Å²) < 4.78 is 0. The lowest BCUT2D eigenvalue weighted by atomic mass is 10.1. The molecule has 0 unspecified atom stereocenters. The fourth-order valence-corrected chi connectivity index (χ4v) is 1.79. The predicted octanol–water partition coefficient (Wildman–Crippen LogP) is 2.53. The van der Waals surface area contributed by atoms with Crippen molar-refractivity contribution in [2.45, 2.75) is 6.92 Å². The fourth-order valence-electron chi connectivity index (χ4n) is 1.79. The highest BCUT2D eigenvalue weighted by atomic mass is 16.4. The number of aryl methyl sites for hydroxylation is 1. The first-order chi connectivity index (χ1) is 9.47.